The molecule has 1 heterocycles. The molecule has 3 nitrogen and oxygen atoms in total. The third kappa shape index (κ3) is 4.12. The number of amides is 1. The van der Waals surface area contributed by atoms with Gasteiger partial charge in [0.25, 0.3) is 0 Å². The van der Waals surface area contributed by atoms with Gasteiger partial charge in [0, 0.05) is 25.4 Å². The van der Waals surface area contributed by atoms with Gasteiger partial charge < -0.3 is 10.6 Å². The molecular formula is C13H26N2O. The molecule has 3 heteroatoms. The lowest BCUT2D eigenvalue weighted by atomic mass is 9.83. The highest BCUT2D eigenvalue weighted by Crippen LogP contribution is 2.27. The van der Waals surface area contributed by atoms with Crippen LogP contribution in [0.4, 0.5) is 0 Å². The lowest BCUT2D eigenvalue weighted by Gasteiger charge is -2.39. The summed E-state index contributed by atoms with van der Waals surface area (Å²) in [4.78, 5) is 13.8. The first-order valence-electron chi connectivity index (χ1n) is 6.29. The molecule has 1 fully saturated rings. The Bertz CT molecular complexity index is 239. The van der Waals surface area contributed by atoms with Crippen molar-refractivity contribution in [2.24, 2.45) is 23.0 Å². The van der Waals surface area contributed by atoms with Crippen LogP contribution in [0.25, 0.3) is 0 Å². The molecule has 1 atom stereocenters. The molecule has 0 aromatic rings. The number of hydrogen-bond acceptors (Lipinski definition) is 2. The van der Waals surface area contributed by atoms with Gasteiger partial charge in [0.15, 0.2) is 0 Å². The van der Waals surface area contributed by atoms with Crippen LogP contribution in [0.2, 0.25) is 0 Å². The summed E-state index contributed by atoms with van der Waals surface area (Å²) in [6.45, 7) is 11.3. The molecule has 1 aliphatic heterocycles. The van der Waals surface area contributed by atoms with Gasteiger partial charge in [-0.05, 0) is 24.3 Å². The summed E-state index contributed by atoms with van der Waals surface area (Å²) >= 11 is 0. The minimum Gasteiger partial charge on any atom is -0.342 e. The third-order valence-corrected chi connectivity index (χ3v) is 3.13. The van der Waals surface area contributed by atoms with Gasteiger partial charge in [-0.15, -0.1) is 0 Å². The average molecular weight is 226 g/mol. The van der Waals surface area contributed by atoms with E-state index in [0.717, 1.165) is 19.5 Å². The van der Waals surface area contributed by atoms with Gasteiger partial charge in [-0.2, -0.15) is 0 Å². The monoisotopic (exact) mass is 226 g/mol. The van der Waals surface area contributed by atoms with Crippen LogP contribution < -0.4 is 5.73 Å². The predicted octanol–water partition coefficient (Wildman–Crippen LogP) is 1.87. The van der Waals surface area contributed by atoms with Crippen molar-refractivity contribution in [3.8, 4) is 0 Å². The highest BCUT2D eigenvalue weighted by molar-refractivity contribution is 5.77. The van der Waals surface area contributed by atoms with Crippen molar-refractivity contribution in [2.75, 3.05) is 19.6 Å². The maximum atomic E-state index is 11.9. The zero-order valence-corrected chi connectivity index (χ0v) is 11.1. The quantitative estimate of drug-likeness (QED) is 0.795. The van der Waals surface area contributed by atoms with Crippen LogP contribution in [0.3, 0.4) is 0 Å². The first-order valence-corrected chi connectivity index (χ1v) is 6.29. The molecule has 2 N–H and O–H groups in total. The van der Waals surface area contributed by atoms with Crippen LogP contribution in [0.5, 0.6) is 0 Å². The highest BCUT2D eigenvalue weighted by atomic mass is 16.2. The van der Waals surface area contributed by atoms with E-state index >= 15 is 0 Å². The minimum atomic E-state index is 0.307. The van der Waals surface area contributed by atoms with Crippen LogP contribution in [0.1, 0.15) is 40.5 Å². The van der Waals surface area contributed by atoms with Crippen LogP contribution >= 0.6 is 0 Å². The van der Waals surface area contributed by atoms with Crippen LogP contribution in [0.15, 0.2) is 0 Å². The number of rotatable bonds is 4. The van der Waals surface area contributed by atoms with Crippen molar-refractivity contribution in [1.29, 1.82) is 0 Å². The van der Waals surface area contributed by atoms with Gasteiger partial charge in [0.2, 0.25) is 5.91 Å². The van der Waals surface area contributed by atoms with Gasteiger partial charge in [-0.1, -0.05) is 27.7 Å². The lowest BCUT2D eigenvalue weighted by Crippen LogP contribution is -2.52. The third-order valence-electron chi connectivity index (χ3n) is 3.13. The van der Waals surface area contributed by atoms with E-state index in [9.17, 15) is 4.79 Å². The summed E-state index contributed by atoms with van der Waals surface area (Å²) in [6, 6.07) is 0. The molecule has 0 aromatic carbocycles. The van der Waals surface area contributed by atoms with Crippen molar-refractivity contribution in [3.05, 3.63) is 0 Å². The second-order valence-electron chi connectivity index (χ2n) is 6.47. The molecular weight excluding hydrogens is 200 g/mol. The SMILES string of the molecule is CC(CC(=O)N1CC(CN)C1)CC(C)(C)C. The van der Waals surface area contributed by atoms with Gasteiger partial charge in [-0.3, -0.25) is 4.79 Å². The van der Waals surface area contributed by atoms with E-state index in [1.165, 1.54) is 0 Å². The lowest BCUT2D eigenvalue weighted by molar-refractivity contribution is -0.138. The second-order valence-corrected chi connectivity index (χ2v) is 6.47. The van der Waals surface area contributed by atoms with Crippen LogP contribution in [-0.2, 0) is 4.79 Å². The Morgan fingerprint density at radius 2 is 2.00 bits per heavy atom. The molecule has 1 saturated heterocycles. The number of carbonyl (C=O) groups excluding carboxylic acids is 1. The summed E-state index contributed by atoms with van der Waals surface area (Å²) in [5.41, 5.74) is 5.86. The second kappa shape index (κ2) is 5.17. The van der Waals surface area contributed by atoms with E-state index in [4.69, 9.17) is 5.73 Å². The topological polar surface area (TPSA) is 46.3 Å². The van der Waals surface area contributed by atoms with E-state index in [2.05, 4.69) is 27.7 Å². The van der Waals surface area contributed by atoms with Crippen LogP contribution in [0, 0.1) is 17.3 Å². The largest absolute Gasteiger partial charge is 0.342 e. The summed E-state index contributed by atoms with van der Waals surface area (Å²) in [5.74, 6) is 1.33. The summed E-state index contributed by atoms with van der Waals surface area (Å²) in [7, 11) is 0. The van der Waals surface area contributed by atoms with Crippen molar-refractivity contribution in [3.63, 3.8) is 0 Å². The number of carbonyl (C=O) groups is 1. The van der Waals surface area contributed by atoms with Crippen molar-refractivity contribution >= 4 is 5.91 Å². The molecule has 0 bridgehead atoms. The molecule has 1 aliphatic rings. The predicted molar refractivity (Wildman–Crippen MR) is 67.0 cm³/mol. The molecule has 16 heavy (non-hydrogen) atoms. The number of nitrogens with two attached hydrogens (primary N) is 1. The van der Waals surface area contributed by atoms with Gasteiger partial charge in [0.05, 0.1) is 0 Å². The average Bonchev–Trinajstić information content (AvgIpc) is 1.97. The summed E-state index contributed by atoms with van der Waals surface area (Å²) < 4.78 is 0. The fourth-order valence-electron chi connectivity index (χ4n) is 2.47. The van der Waals surface area contributed by atoms with E-state index in [1.807, 2.05) is 4.90 Å². The Morgan fingerprint density at radius 3 is 2.44 bits per heavy atom. The molecule has 0 spiro atoms. The van der Waals surface area contributed by atoms with Gasteiger partial charge in [0.1, 0.15) is 0 Å². The Labute approximate surface area is 99.4 Å². The van der Waals surface area contributed by atoms with Crippen molar-refractivity contribution in [2.45, 2.75) is 40.5 Å². The maximum absolute atomic E-state index is 11.9. The molecule has 1 rings (SSSR count). The Morgan fingerprint density at radius 1 is 1.44 bits per heavy atom. The van der Waals surface area contributed by atoms with Gasteiger partial charge in [-0.25, -0.2) is 0 Å². The Balaban J connectivity index is 2.25. The first-order chi connectivity index (χ1) is 7.31. The Hall–Kier alpha value is -0.570. The summed E-state index contributed by atoms with van der Waals surface area (Å²) in [5, 5.41) is 0. The summed E-state index contributed by atoms with van der Waals surface area (Å²) in [6.07, 6.45) is 1.79. The maximum Gasteiger partial charge on any atom is 0.222 e. The van der Waals surface area contributed by atoms with E-state index in [0.29, 0.717) is 36.1 Å². The molecule has 0 aromatic heterocycles. The first kappa shape index (κ1) is 13.5. The van der Waals surface area contributed by atoms with Crippen molar-refractivity contribution < 1.29 is 4.79 Å². The number of nitrogens with zero attached hydrogens (tertiary/aromatic N) is 1. The zero-order chi connectivity index (χ0) is 12.3. The van der Waals surface area contributed by atoms with Gasteiger partial charge >= 0.3 is 0 Å². The Kier molecular flexibility index (Phi) is 4.36. The van der Waals surface area contributed by atoms with E-state index in [1.54, 1.807) is 0 Å². The standard InChI is InChI=1S/C13H26N2O/c1-10(6-13(2,3)4)5-12(16)15-8-11(7-14)9-15/h10-11H,5-9,14H2,1-4H3. The molecule has 0 radical (unpaired) electrons. The molecule has 1 amide bonds. The zero-order valence-electron chi connectivity index (χ0n) is 11.1. The molecule has 94 valence electrons. The van der Waals surface area contributed by atoms with E-state index < -0.39 is 0 Å². The minimum absolute atomic E-state index is 0.307. The number of likely N-dealkylation sites (tertiary alicyclic amines) is 1. The smallest absolute Gasteiger partial charge is 0.222 e. The normalized spacial score (nSPS) is 19.4. The fourth-order valence-corrected chi connectivity index (χ4v) is 2.47. The van der Waals surface area contributed by atoms with Crippen molar-refractivity contribution in [1.82, 2.24) is 4.90 Å². The molecule has 1 unspecified atom stereocenters. The van der Waals surface area contributed by atoms with E-state index in [-0.39, 0.29) is 0 Å². The fraction of sp³-hybridized carbons (Fsp3) is 0.923. The highest BCUT2D eigenvalue weighted by Gasteiger charge is 2.30. The number of hydrogen-bond donors (Lipinski definition) is 1. The molecule has 0 saturated carbocycles. The molecule has 0 aliphatic carbocycles. The van der Waals surface area contributed by atoms with Crippen LogP contribution in [-0.4, -0.2) is 30.4 Å².